The predicted molar refractivity (Wildman–Crippen MR) is 330 cm³/mol. The van der Waals surface area contributed by atoms with Gasteiger partial charge in [-0.2, -0.15) is 4.98 Å². The molecule has 3 aliphatic rings. The Morgan fingerprint density at radius 3 is 1.52 bits per heavy atom. The summed E-state index contributed by atoms with van der Waals surface area (Å²) in [6.45, 7) is 24.8. The van der Waals surface area contributed by atoms with Crippen LogP contribution in [0.15, 0.2) is 134 Å². The number of nitrogens with zero attached hydrogens (tertiary/aromatic N) is 6. The third-order valence-corrected chi connectivity index (χ3v) is 23.6. The first kappa shape index (κ1) is 67.0. The first-order valence-electron chi connectivity index (χ1n) is 29.1. The Labute approximate surface area is 518 Å². The van der Waals surface area contributed by atoms with E-state index in [4.69, 9.17) is 58.9 Å². The van der Waals surface area contributed by atoms with E-state index in [1.165, 1.54) is 41.6 Å². The number of aromatic nitrogens is 6. The Morgan fingerprint density at radius 1 is 0.633 bits per heavy atom. The highest BCUT2D eigenvalue weighted by molar-refractivity contribution is 7.48. The van der Waals surface area contributed by atoms with Crippen LogP contribution in [0.5, 0.6) is 0 Å². The summed E-state index contributed by atoms with van der Waals surface area (Å²) in [6, 6.07) is 27.9. The minimum Gasteiger partial charge on any atom is -0.402 e. The number of H-pyrrole nitrogens is 2. The Kier molecular flexibility index (Phi) is 21.5. The SMILES string of the molecule is [C-]#[N+]CCOP(=O)(OC[C@H]1O[C@@H](n2cc(C)c(=O)[nH]c2=O)C[C@H]1OP(=O)(OCC[N+]#[C-])OC[C@H]1O[C@@H](n2cc(C)c(NC(=O)c3ccccc3)nc2=O)C[C@H]1O[Si](c1ccccc1)(c1ccccc1)C(C)(C)C)O[C@@H]1C[C@H](n2cc(C)c(=O)[nH]c2=O)O[C@@H]1CC. The molecule has 0 radical (unpaired) electrons. The third-order valence-electron chi connectivity index (χ3n) is 15.5. The van der Waals surface area contributed by atoms with Crippen molar-refractivity contribution in [2.45, 2.75) is 134 Å². The lowest BCUT2D eigenvalue weighted by Crippen LogP contribution is -2.68. The molecule has 6 heterocycles. The Morgan fingerprint density at radius 2 is 1.06 bits per heavy atom. The molecule has 3 aliphatic heterocycles. The summed E-state index contributed by atoms with van der Waals surface area (Å²) < 4.78 is 97.4. The molecule has 27 nitrogen and oxygen atoms in total. The van der Waals surface area contributed by atoms with E-state index in [-0.39, 0.29) is 55.7 Å². The molecule has 30 heteroatoms. The number of aryl methyl sites for hydroxylation is 3. The van der Waals surface area contributed by atoms with Gasteiger partial charge in [-0.3, -0.25) is 65.2 Å². The van der Waals surface area contributed by atoms with Crippen LogP contribution in [0.25, 0.3) is 9.69 Å². The molecular formula is C60H71N9O18P2Si. The van der Waals surface area contributed by atoms with Gasteiger partial charge in [0.2, 0.25) is 13.1 Å². The number of phosphoric acid groups is 2. The second-order valence-electron chi connectivity index (χ2n) is 22.8. The van der Waals surface area contributed by atoms with E-state index in [9.17, 15) is 33.3 Å². The summed E-state index contributed by atoms with van der Waals surface area (Å²) in [5.74, 6) is -0.449. The third kappa shape index (κ3) is 15.3. The first-order valence-corrected chi connectivity index (χ1v) is 34.0. The number of anilines is 1. The first-order chi connectivity index (χ1) is 43.0. The standard InChI is InChI=1S/C60H71N9O18P2Si/c1-10-44-45(30-50(82-44)68-34-39(3)54(70)65-58(68)74)85-88(76,78-28-26-61-8)80-36-48-46(31-51(83-48)69-35-40(4)55(71)66-59(69)75)86-89(77,79-29-27-62-9)81-37-49-47(87-90(60(5,6)7,42-22-16-12-17-23-42)43-24-18-13-19-25-43)32-52(84-49)67-33-38(2)53(64-57(67)73)63-56(72)41-20-14-11-15-21-41/h11-25,33-35,44-52H,10,26-32,36-37H2,1-7H3,(H,65,70,74)(H,66,71,75)(H,63,64,72,73)/t44-,45-,46-,47-,48-,49-,50-,51-,52-,88?,89?/m1/s1. The molecule has 6 aromatic rings. The van der Waals surface area contributed by atoms with Crippen LogP contribution < -0.4 is 43.9 Å². The number of phosphoric ester groups is 2. The van der Waals surface area contributed by atoms with Gasteiger partial charge in [0.25, 0.3) is 25.3 Å². The molecule has 0 spiro atoms. The molecular weight excluding hydrogens is 1220 g/mol. The number of benzene rings is 3. The van der Waals surface area contributed by atoms with Crippen LogP contribution in [0.2, 0.25) is 5.04 Å². The molecule has 3 aromatic carbocycles. The predicted octanol–water partition coefficient (Wildman–Crippen LogP) is 6.63. The number of hydrogen-bond donors (Lipinski definition) is 3. The average molecular weight is 1300 g/mol. The topological polar surface area (TPSA) is 309 Å². The number of nitrogens with one attached hydrogen (secondary N) is 3. The Bertz CT molecular complexity index is 3980. The number of rotatable bonds is 26. The zero-order valence-corrected chi connectivity index (χ0v) is 53.4. The lowest BCUT2D eigenvalue weighted by molar-refractivity contribution is -0.0618. The number of ether oxygens (including phenoxy) is 3. The Hall–Kier alpha value is -7.37. The van der Waals surface area contributed by atoms with Crippen LogP contribution in [0.3, 0.4) is 0 Å². The van der Waals surface area contributed by atoms with E-state index in [1.54, 1.807) is 44.2 Å². The zero-order chi connectivity index (χ0) is 64.5. The highest BCUT2D eigenvalue weighted by atomic mass is 31.2. The fourth-order valence-electron chi connectivity index (χ4n) is 11.1. The zero-order valence-electron chi connectivity index (χ0n) is 50.6. The van der Waals surface area contributed by atoms with Gasteiger partial charge in [-0.15, -0.1) is 0 Å². The number of amides is 1. The lowest BCUT2D eigenvalue weighted by Gasteiger charge is -2.45. The molecule has 2 unspecified atom stereocenters. The van der Waals surface area contributed by atoms with Crippen molar-refractivity contribution < 1.29 is 59.7 Å². The highest BCUT2D eigenvalue weighted by Crippen LogP contribution is 2.57. The van der Waals surface area contributed by atoms with Crippen LogP contribution in [0.4, 0.5) is 5.82 Å². The van der Waals surface area contributed by atoms with Crippen LogP contribution in [-0.4, -0.2) is 119 Å². The van der Waals surface area contributed by atoms with Crippen molar-refractivity contribution in [2.75, 3.05) is 44.8 Å². The Balaban J connectivity index is 1.04. The van der Waals surface area contributed by atoms with E-state index in [0.29, 0.717) is 11.1 Å². The van der Waals surface area contributed by atoms with Crippen LogP contribution >= 0.6 is 15.6 Å². The quantitative estimate of drug-likeness (QED) is 0.0222. The molecule has 3 N–H and O–H groups in total. The van der Waals surface area contributed by atoms with Crippen molar-refractivity contribution in [1.29, 1.82) is 0 Å². The summed E-state index contributed by atoms with van der Waals surface area (Å²) in [7, 11) is -13.2. The summed E-state index contributed by atoms with van der Waals surface area (Å²) in [5, 5.41) is 3.96. The van der Waals surface area contributed by atoms with Crippen LogP contribution in [0.1, 0.15) is 99.1 Å². The van der Waals surface area contributed by atoms with Crippen LogP contribution in [0, 0.1) is 33.9 Å². The van der Waals surface area contributed by atoms with Crippen molar-refractivity contribution in [2.24, 2.45) is 0 Å². The minimum atomic E-state index is -4.99. The van der Waals surface area contributed by atoms with Gasteiger partial charge in [0.1, 0.15) is 56.0 Å². The molecule has 11 atom stereocenters. The van der Waals surface area contributed by atoms with E-state index < -0.39 is 145 Å². The van der Waals surface area contributed by atoms with E-state index >= 15 is 4.57 Å². The number of aromatic amines is 2. The summed E-state index contributed by atoms with van der Waals surface area (Å²) in [5.41, 5.74) is -2.53. The van der Waals surface area contributed by atoms with Gasteiger partial charge in [0.05, 0.1) is 31.5 Å². The second-order valence-corrected chi connectivity index (χ2v) is 30.3. The van der Waals surface area contributed by atoms with E-state index in [0.717, 1.165) is 14.9 Å². The maximum absolute atomic E-state index is 15.6. The fourth-order valence-corrected chi connectivity index (χ4v) is 18.5. The molecule has 478 valence electrons. The molecule has 9 rings (SSSR count). The largest absolute Gasteiger partial charge is 0.475 e. The van der Waals surface area contributed by atoms with E-state index in [2.05, 4.69) is 50.7 Å². The van der Waals surface area contributed by atoms with Gasteiger partial charge in [0, 0.05) is 60.1 Å². The average Bonchev–Trinajstić information content (AvgIpc) is 0.983. The smallest absolute Gasteiger partial charge is 0.402 e. The van der Waals surface area contributed by atoms with E-state index in [1.807, 2.05) is 60.7 Å². The molecule has 1 amide bonds. The normalized spacial score (nSPS) is 23.1. The molecule has 0 aliphatic carbocycles. The molecule has 0 bridgehead atoms. The van der Waals surface area contributed by atoms with Crippen molar-refractivity contribution in [3.8, 4) is 0 Å². The molecule has 3 fully saturated rings. The van der Waals surface area contributed by atoms with Crippen molar-refractivity contribution >= 4 is 46.1 Å². The van der Waals surface area contributed by atoms with Gasteiger partial charge in [-0.05, 0) is 54.7 Å². The maximum atomic E-state index is 15.6. The number of carbonyl (C=O) groups is 1. The lowest BCUT2D eigenvalue weighted by atomic mass is 10.1. The van der Waals surface area contributed by atoms with Crippen molar-refractivity contribution in [1.82, 2.24) is 28.7 Å². The van der Waals surface area contributed by atoms with Crippen LogP contribution in [-0.2, 0) is 54.9 Å². The fraction of sp³-hybridized carbons (Fsp3) is 0.450. The van der Waals surface area contributed by atoms with Gasteiger partial charge in [-0.25, -0.2) is 36.7 Å². The van der Waals surface area contributed by atoms with Gasteiger partial charge in [-0.1, -0.05) is 107 Å². The number of carbonyl (C=O) groups excluding carboxylic acids is 1. The molecule has 3 aromatic heterocycles. The summed E-state index contributed by atoms with van der Waals surface area (Å²) in [6.07, 6.45) is -6.17. The van der Waals surface area contributed by atoms with Gasteiger partial charge < -0.3 is 33.6 Å². The van der Waals surface area contributed by atoms with Crippen molar-refractivity contribution in [3.05, 3.63) is 207 Å². The maximum Gasteiger partial charge on any atom is 0.475 e. The van der Waals surface area contributed by atoms with Gasteiger partial charge in [0.15, 0.2) is 0 Å². The molecule has 90 heavy (non-hydrogen) atoms. The monoisotopic (exact) mass is 1300 g/mol. The highest BCUT2D eigenvalue weighted by Gasteiger charge is 2.55. The second kappa shape index (κ2) is 28.8. The molecule has 0 saturated carbocycles. The number of hydrogen-bond acceptors (Lipinski definition) is 19. The summed E-state index contributed by atoms with van der Waals surface area (Å²) >= 11 is 0. The van der Waals surface area contributed by atoms with Gasteiger partial charge >= 0.3 is 32.7 Å². The minimum absolute atomic E-state index is 0.0158. The summed E-state index contributed by atoms with van der Waals surface area (Å²) in [4.78, 5) is 94.0. The van der Waals surface area contributed by atoms with Crippen molar-refractivity contribution in [3.63, 3.8) is 0 Å². The molecule has 3 saturated heterocycles.